The number of carbonyl (C=O) groups is 1. The number of ether oxygens (including phenoxy) is 1. The number of amides is 1. The third-order valence-corrected chi connectivity index (χ3v) is 4.78. The van der Waals surface area contributed by atoms with Gasteiger partial charge in [-0.2, -0.15) is 0 Å². The Morgan fingerprint density at radius 1 is 0.815 bits per heavy atom. The van der Waals surface area contributed by atoms with Crippen LogP contribution < -0.4 is 10.1 Å². The SMILES string of the molecule is COc1ccc(C(C)(C)NC(=O)C(c2ccccc2)c2ccccc2)cc1. The fourth-order valence-electron chi connectivity index (χ4n) is 3.25. The van der Waals surface area contributed by atoms with Crippen LogP contribution >= 0.6 is 0 Å². The van der Waals surface area contributed by atoms with E-state index >= 15 is 0 Å². The first kappa shape index (κ1) is 18.7. The fraction of sp³-hybridized carbons (Fsp3) is 0.208. The Morgan fingerprint density at radius 2 is 1.30 bits per heavy atom. The number of carbonyl (C=O) groups excluding carboxylic acids is 1. The van der Waals surface area contributed by atoms with Crippen molar-refractivity contribution in [3.05, 3.63) is 102 Å². The first-order valence-electron chi connectivity index (χ1n) is 9.08. The van der Waals surface area contributed by atoms with Crippen molar-refractivity contribution in [1.82, 2.24) is 5.32 Å². The molecule has 3 nitrogen and oxygen atoms in total. The average Bonchev–Trinajstić information content (AvgIpc) is 2.69. The summed E-state index contributed by atoms with van der Waals surface area (Å²) in [6.45, 7) is 4.03. The van der Waals surface area contributed by atoms with Gasteiger partial charge in [0.1, 0.15) is 5.75 Å². The van der Waals surface area contributed by atoms with Gasteiger partial charge in [0.2, 0.25) is 5.91 Å². The molecule has 0 atom stereocenters. The van der Waals surface area contributed by atoms with Crippen LogP contribution in [0.2, 0.25) is 0 Å². The van der Waals surface area contributed by atoms with Crippen LogP contribution in [-0.4, -0.2) is 13.0 Å². The Balaban J connectivity index is 1.90. The predicted octanol–water partition coefficient (Wildman–Crippen LogP) is 4.88. The summed E-state index contributed by atoms with van der Waals surface area (Å²) in [6.07, 6.45) is 0. The van der Waals surface area contributed by atoms with Gasteiger partial charge in [-0.25, -0.2) is 0 Å². The fourth-order valence-corrected chi connectivity index (χ4v) is 3.25. The molecular weight excluding hydrogens is 334 g/mol. The Hall–Kier alpha value is -3.07. The van der Waals surface area contributed by atoms with Crippen LogP contribution in [0.4, 0.5) is 0 Å². The van der Waals surface area contributed by atoms with Gasteiger partial charge in [0.15, 0.2) is 0 Å². The summed E-state index contributed by atoms with van der Waals surface area (Å²) >= 11 is 0. The molecule has 0 aliphatic rings. The molecule has 0 radical (unpaired) electrons. The van der Waals surface area contributed by atoms with Crippen molar-refractivity contribution < 1.29 is 9.53 Å². The summed E-state index contributed by atoms with van der Waals surface area (Å²) in [5.41, 5.74) is 2.47. The minimum absolute atomic E-state index is 0.0202. The van der Waals surface area contributed by atoms with E-state index < -0.39 is 5.54 Å². The second-order valence-electron chi connectivity index (χ2n) is 7.10. The zero-order valence-corrected chi connectivity index (χ0v) is 16.0. The molecule has 0 fully saturated rings. The van der Waals surface area contributed by atoms with Crippen LogP contribution in [0.1, 0.15) is 36.5 Å². The Labute approximate surface area is 161 Å². The maximum absolute atomic E-state index is 13.3. The first-order valence-corrected chi connectivity index (χ1v) is 9.08. The van der Waals surface area contributed by atoms with E-state index in [1.54, 1.807) is 7.11 Å². The molecule has 0 aliphatic carbocycles. The minimum Gasteiger partial charge on any atom is -0.497 e. The third-order valence-electron chi connectivity index (χ3n) is 4.78. The largest absolute Gasteiger partial charge is 0.497 e. The van der Waals surface area contributed by atoms with Gasteiger partial charge in [0.25, 0.3) is 0 Å². The molecule has 3 rings (SSSR count). The van der Waals surface area contributed by atoms with Crippen molar-refractivity contribution in [3.63, 3.8) is 0 Å². The van der Waals surface area contributed by atoms with Crippen molar-refractivity contribution in [2.45, 2.75) is 25.3 Å². The summed E-state index contributed by atoms with van der Waals surface area (Å²) in [7, 11) is 1.65. The zero-order valence-electron chi connectivity index (χ0n) is 16.0. The van der Waals surface area contributed by atoms with E-state index in [4.69, 9.17) is 4.74 Å². The lowest BCUT2D eigenvalue weighted by Crippen LogP contribution is -2.43. The van der Waals surface area contributed by atoms with E-state index in [1.165, 1.54) is 0 Å². The molecule has 0 aromatic heterocycles. The molecule has 0 saturated heterocycles. The smallest absolute Gasteiger partial charge is 0.232 e. The summed E-state index contributed by atoms with van der Waals surface area (Å²) in [6, 6.07) is 27.6. The highest BCUT2D eigenvalue weighted by Crippen LogP contribution is 2.28. The van der Waals surface area contributed by atoms with E-state index in [1.807, 2.05) is 98.8 Å². The van der Waals surface area contributed by atoms with Gasteiger partial charge in [0.05, 0.1) is 18.6 Å². The average molecular weight is 359 g/mol. The number of hydrogen-bond donors (Lipinski definition) is 1. The number of methoxy groups -OCH3 is 1. The number of hydrogen-bond acceptors (Lipinski definition) is 2. The normalized spacial score (nSPS) is 11.3. The van der Waals surface area contributed by atoms with Gasteiger partial charge in [-0.15, -0.1) is 0 Å². The Morgan fingerprint density at radius 3 is 1.74 bits per heavy atom. The highest BCUT2D eigenvalue weighted by atomic mass is 16.5. The van der Waals surface area contributed by atoms with Gasteiger partial charge in [-0.1, -0.05) is 72.8 Å². The van der Waals surface area contributed by atoms with Gasteiger partial charge < -0.3 is 10.1 Å². The van der Waals surface area contributed by atoms with Crippen LogP contribution in [0.5, 0.6) is 5.75 Å². The minimum atomic E-state index is -0.509. The van der Waals surface area contributed by atoms with E-state index in [0.717, 1.165) is 22.4 Å². The Kier molecular flexibility index (Phi) is 5.60. The van der Waals surface area contributed by atoms with Crippen molar-refractivity contribution in [1.29, 1.82) is 0 Å². The van der Waals surface area contributed by atoms with Crippen molar-refractivity contribution in [3.8, 4) is 5.75 Å². The molecule has 0 bridgehead atoms. The van der Waals surface area contributed by atoms with Gasteiger partial charge >= 0.3 is 0 Å². The number of nitrogens with one attached hydrogen (secondary N) is 1. The van der Waals surface area contributed by atoms with Crippen molar-refractivity contribution in [2.75, 3.05) is 7.11 Å². The third kappa shape index (κ3) is 4.37. The predicted molar refractivity (Wildman–Crippen MR) is 109 cm³/mol. The molecule has 138 valence electrons. The number of rotatable bonds is 6. The molecule has 1 amide bonds. The van der Waals surface area contributed by atoms with E-state index in [0.29, 0.717) is 0 Å². The lowest BCUT2D eigenvalue weighted by atomic mass is 9.88. The second kappa shape index (κ2) is 8.09. The quantitative estimate of drug-likeness (QED) is 0.681. The van der Waals surface area contributed by atoms with E-state index in [9.17, 15) is 4.79 Å². The molecule has 0 spiro atoms. The molecular formula is C24H25NO2. The monoisotopic (exact) mass is 359 g/mol. The van der Waals surface area contributed by atoms with Gasteiger partial charge in [-0.05, 0) is 42.7 Å². The van der Waals surface area contributed by atoms with Gasteiger partial charge in [-0.3, -0.25) is 4.79 Å². The molecule has 3 heteroatoms. The first-order chi connectivity index (χ1) is 13.0. The molecule has 0 saturated carbocycles. The lowest BCUT2D eigenvalue weighted by molar-refractivity contribution is -0.123. The van der Waals surface area contributed by atoms with Crippen LogP contribution in [-0.2, 0) is 10.3 Å². The van der Waals surface area contributed by atoms with Gasteiger partial charge in [0, 0.05) is 0 Å². The topological polar surface area (TPSA) is 38.3 Å². The van der Waals surface area contributed by atoms with Crippen LogP contribution in [0, 0.1) is 0 Å². The summed E-state index contributed by atoms with van der Waals surface area (Å²) in [5, 5.41) is 3.23. The van der Waals surface area contributed by atoms with E-state index in [2.05, 4.69) is 5.32 Å². The molecule has 3 aromatic rings. The standard InChI is InChI=1S/C24H25NO2/c1-24(2,20-14-16-21(27-3)17-15-20)25-23(26)22(18-10-6-4-7-11-18)19-12-8-5-9-13-19/h4-17,22H,1-3H3,(H,25,26). The summed E-state index contributed by atoms with van der Waals surface area (Å²) in [5.74, 6) is 0.422. The molecule has 1 N–H and O–H groups in total. The van der Waals surface area contributed by atoms with Crippen LogP contribution in [0.15, 0.2) is 84.9 Å². The highest BCUT2D eigenvalue weighted by Gasteiger charge is 2.29. The van der Waals surface area contributed by atoms with E-state index in [-0.39, 0.29) is 11.8 Å². The Bertz CT molecular complexity index is 832. The van der Waals surface area contributed by atoms with Crippen LogP contribution in [0.25, 0.3) is 0 Å². The zero-order chi connectivity index (χ0) is 19.3. The lowest BCUT2D eigenvalue weighted by Gasteiger charge is -2.30. The maximum Gasteiger partial charge on any atom is 0.232 e. The molecule has 27 heavy (non-hydrogen) atoms. The van der Waals surface area contributed by atoms with Crippen molar-refractivity contribution >= 4 is 5.91 Å². The molecule has 0 aliphatic heterocycles. The molecule has 3 aromatic carbocycles. The highest BCUT2D eigenvalue weighted by molar-refractivity contribution is 5.87. The summed E-state index contributed by atoms with van der Waals surface area (Å²) in [4.78, 5) is 13.3. The van der Waals surface area contributed by atoms with Crippen LogP contribution in [0.3, 0.4) is 0 Å². The summed E-state index contributed by atoms with van der Waals surface area (Å²) < 4.78 is 5.23. The number of benzene rings is 3. The van der Waals surface area contributed by atoms with Crippen molar-refractivity contribution in [2.24, 2.45) is 0 Å². The maximum atomic E-state index is 13.3. The second-order valence-corrected chi connectivity index (χ2v) is 7.10. The molecule has 0 unspecified atom stereocenters. The molecule has 0 heterocycles.